The van der Waals surface area contributed by atoms with Crippen LogP contribution in [0.4, 0.5) is 4.39 Å². The second-order valence-corrected chi connectivity index (χ2v) is 22.3. The molecule has 5 heterocycles. The molecule has 1 aliphatic carbocycles. The third-order valence-corrected chi connectivity index (χ3v) is 16.5. The molecular weight excluding hydrogens is 1060 g/mol. The van der Waals surface area contributed by atoms with Crippen LogP contribution in [-0.4, -0.2) is 118 Å². The van der Waals surface area contributed by atoms with Crippen molar-refractivity contribution in [2.45, 2.75) is 149 Å². The molecule has 2 aromatic heterocycles. The van der Waals surface area contributed by atoms with Gasteiger partial charge in [-0.1, -0.05) is 70.9 Å². The predicted molar refractivity (Wildman–Crippen MR) is 295 cm³/mol. The van der Waals surface area contributed by atoms with Crippen LogP contribution in [0, 0.1) is 24.1 Å². The second kappa shape index (κ2) is 25.5. The number of esters is 1. The molecule has 0 spiro atoms. The minimum Gasteiger partial charge on any atom is -0.458 e. The van der Waals surface area contributed by atoms with Gasteiger partial charge in [-0.05, 0) is 79.7 Å². The highest BCUT2D eigenvalue weighted by Crippen LogP contribution is 2.46. The fourth-order valence-electron chi connectivity index (χ4n) is 11.2. The van der Waals surface area contributed by atoms with Crippen LogP contribution in [0.15, 0.2) is 47.3 Å². The molecule has 0 radical (unpaired) electrons. The van der Waals surface area contributed by atoms with Gasteiger partial charge in [0.05, 0.1) is 73.1 Å². The maximum Gasteiger partial charge on any atom is 0.343 e. The molecule has 8 amide bonds. The van der Waals surface area contributed by atoms with E-state index in [4.69, 9.17) is 14.5 Å². The normalized spacial score (nSPS) is 18.6. The minimum absolute atomic E-state index is 0.0426. The number of likely N-dealkylation sites (tertiary alicyclic amines) is 1. The molecule has 8 rings (SSSR count). The number of cyclic esters (lactones) is 1. The van der Waals surface area contributed by atoms with Gasteiger partial charge in [0.1, 0.15) is 25.2 Å². The Balaban J connectivity index is 0.779. The number of ether oxygens (including phenoxy) is 2. The molecule has 82 heavy (non-hydrogen) atoms. The highest BCUT2D eigenvalue weighted by atomic mass is 19.1. The summed E-state index contributed by atoms with van der Waals surface area (Å²) in [5.41, 5.74) is 1.80. The molecule has 5 atom stereocenters. The molecule has 7 N–H and O–H groups in total. The second-order valence-electron chi connectivity index (χ2n) is 22.3. The van der Waals surface area contributed by atoms with Gasteiger partial charge in [0.25, 0.3) is 5.56 Å². The molecule has 23 heteroatoms. The summed E-state index contributed by atoms with van der Waals surface area (Å²) in [6, 6.07) is 9.99. The SMILES string of the molecule is CCC(C)(C)C1CC(=O)N(CCCCCC(=O)NCC(=O)NCC(=O)N[C@@H](Cc2ccccc2)C(=O)NCC(=O)NCOC(C)CC(=O)N[C@H]2CCc3c(C)c(F)cc4nc5c(c2c34)Cn2c-5cc3c(c2=O)COC(=O)[C@]3(O)CC)C1=O. The number of imide groups is 1. The Morgan fingerprint density at radius 2 is 1.60 bits per heavy atom. The fraction of sp³-hybridized carbons (Fsp3) is 0.508. The largest absolute Gasteiger partial charge is 0.458 e. The summed E-state index contributed by atoms with van der Waals surface area (Å²) in [4.78, 5) is 136. The number of aliphatic hydroxyl groups is 1. The first-order valence-electron chi connectivity index (χ1n) is 28.0. The van der Waals surface area contributed by atoms with Crippen molar-refractivity contribution in [3.05, 3.63) is 97.6 Å². The number of fused-ring (bicyclic) bond motifs is 5. The van der Waals surface area contributed by atoms with E-state index >= 15 is 4.39 Å². The van der Waals surface area contributed by atoms with Gasteiger partial charge in [-0.2, -0.15) is 0 Å². The topological polar surface area (TPSA) is 303 Å². The van der Waals surface area contributed by atoms with E-state index in [0.29, 0.717) is 83.2 Å². The average Bonchev–Trinajstić information content (AvgIpc) is 3.27. The van der Waals surface area contributed by atoms with Gasteiger partial charge in [0.15, 0.2) is 5.60 Å². The van der Waals surface area contributed by atoms with E-state index in [9.17, 15) is 53.1 Å². The van der Waals surface area contributed by atoms with E-state index in [1.54, 1.807) is 57.2 Å². The van der Waals surface area contributed by atoms with Gasteiger partial charge in [-0.15, -0.1) is 0 Å². The summed E-state index contributed by atoms with van der Waals surface area (Å²) in [5, 5.41) is 27.8. The Morgan fingerprint density at radius 1 is 0.890 bits per heavy atom. The monoisotopic (exact) mass is 1130 g/mol. The van der Waals surface area contributed by atoms with Gasteiger partial charge in [0, 0.05) is 48.4 Å². The van der Waals surface area contributed by atoms with Crippen molar-refractivity contribution in [3.63, 3.8) is 0 Å². The van der Waals surface area contributed by atoms with Crippen LogP contribution in [-0.2, 0) is 84.2 Å². The van der Waals surface area contributed by atoms with E-state index in [1.165, 1.54) is 15.5 Å². The summed E-state index contributed by atoms with van der Waals surface area (Å²) < 4.78 is 27.9. The number of hydrogen-bond donors (Lipinski definition) is 7. The number of carbonyl (C=O) groups excluding carboxylic acids is 9. The maximum absolute atomic E-state index is 15.4. The Morgan fingerprint density at radius 3 is 2.33 bits per heavy atom. The molecule has 0 saturated carbocycles. The molecule has 2 aromatic carbocycles. The highest BCUT2D eigenvalue weighted by Gasteiger charge is 2.47. The number of nitrogens with zero attached hydrogens (tertiary/aromatic N) is 3. The van der Waals surface area contributed by atoms with E-state index in [0.717, 1.165) is 12.0 Å². The van der Waals surface area contributed by atoms with E-state index in [2.05, 4.69) is 31.9 Å². The van der Waals surface area contributed by atoms with Crippen LogP contribution in [0.2, 0.25) is 0 Å². The number of nitrogens with one attached hydrogen (secondary N) is 6. The van der Waals surface area contributed by atoms with Crippen molar-refractivity contribution < 1.29 is 62.1 Å². The van der Waals surface area contributed by atoms with Crippen molar-refractivity contribution in [3.8, 4) is 11.4 Å². The van der Waals surface area contributed by atoms with Gasteiger partial charge in [-0.3, -0.25) is 48.1 Å². The molecule has 438 valence electrons. The van der Waals surface area contributed by atoms with E-state index < -0.39 is 84.4 Å². The summed E-state index contributed by atoms with van der Waals surface area (Å²) in [6.07, 6.45) is 2.71. The number of aryl methyl sites for hydroxylation is 1. The number of aromatic nitrogens is 2. The first-order valence-corrected chi connectivity index (χ1v) is 28.0. The molecule has 0 bridgehead atoms. The van der Waals surface area contributed by atoms with Crippen molar-refractivity contribution in [2.75, 3.05) is 32.9 Å². The number of benzene rings is 2. The van der Waals surface area contributed by atoms with Crippen molar-refractivity contribution >= 4 is 64.1 Å². The maximum atomic E-state index is 15.4. The zero-order chi connectivity index (χ0) is 59.2. The van der Waals surface area contributed by atoms with Crippen LogP contribution in [0.25, 0.3) is 22.3 Å². The lowest BCUT2D eigenvalue weighted by atomic mass is 9.76. The van der Waals surface area contributed by atoms with Crippen molar-refractivity contribution in [1.82, 2.24) is 46.4 Å². The van der Waals surface area contributed by atoms with E-state index in [-0.39, 0.29) is 98.1 Å². The molecule has 3 aliphatic heterocycles. The number of halogens is 1. The number of carbonyl (C=O) groups is 9. The third-order valence-electron chi connectivity index (χ3n) is 16.5. The lowest BCUT2D eigenvalue weighted by Crippen LogP contribution is -2.52. The van der Waals surface area contributed by atoms with Crippen LogP contribution < -0.4 is 37.5 Å². The standard InChI is InChI=1S/C59H72FN9O13/c1-7-58(5,6)39-24-50(75)68(56(39)78)20-14-10-13-17-45(70)61-26-47(72)62-28-49(74)66-43(22-34-15-11-9-12-16-34)54(76)63-27-48(73)64-31-82-32(3)21-46(71)65-41-19-18-35-33(4)40(60)25-42-51(35)52(41)36-29-69-44(53(36)67-42)23-38-37(55(69)77)30-81-57(79)59(38,80)8-2/h9,11-12,15-16,23,25,32,39,41,43,80H,7-8,10,13-14,17-22,24,26-31H2,1-6H3,(H,61,70)(H,62,72)(H,63,76)(H,64,73)(H,65,71)(H,66,74)/t32?,39?,41-,43-,59-/m0/s1. The number of unbranched alkanes of at least 4 members (excludes halogenated alkanes) is 2. The zero-order valence-electron chi connectivity index (χ0n) is 47.1. The Hall–Kier alpha value is -7.92. The third kappa shape index (κ3) is 13.0. The fourth-order valence-corrected chi connectivity index (χ4v) is 11.2. The summed E-state index contributed by atoms with van der Waals surface area (Å²) in [6.45, 7) is 9.24. The summed E-state index contributed by atoms with van der Waals surface area (Å²) in [5.74, 6) is -5.41. The predicted octanol–water partition coefficient (Wildman–Crippen LogP) is 2.95. The number of amides is 8. The van der Waals surface area contributed by atoms with Gasteiger partial charge < -0.3 is 51.0 Å². The first-order chi connectivity index (χ1) is 39.0. The van der Waals surface area contributed by atoms with Crippen LogP contribution in [0.1, 0.15) is 137 Å². The smallest absolute Gasteiger partial charge is 0.343 e. The van der Waals surface area contributed by atoms with Crippen LogP contribution in [0.3, 0.4) is 0 Å². The van der Waals surface area contributed by atoms with Gasteiger partial charge >= 0.3 is 5.97 Å². The number of rotatable bonds is 25. The number of hydrogen-bond acceptors (Lipinski definition) is 14. The molecule has 4 aliphatic rings. The van der Waals surface area contributed by atoms with Gasteiger partial charge in [0.2, 0.25) is 47.3 Å². The van der Waals surface area contributed by atoms with Crippen molar-refractivity contribution in [2.24, 2.45) is 11.3 Å². The summed E-state index contributed by atoms with van der Waals surface area (Å²) in [7, 11) is 0. The summed E-state index contributed by atoms with van der Waals surface area (Å²) >= 11 is 0. The first kappa shape index (κ1) is 60.2. The molecule has 1 saturated heterocycles. The highest BCUT2D eigenvalue weighted by molar-refractivity contribution is 6.04. The van der Waals surface area contributed by atoms with Crippen molar-refractivity contribution in [1.29, 1.82) is 0 Å². The van der Waals surface area contributed by atoms with Gasteiger partial charge in [-0.25, -0.2) is 14.2 Å². The zero-order valence-corrected chi connectivity index (χ0v) is 47.1. The average molecular weight is 1130 g/mol. The quantitative estimate of drug-likeness (QED) is 0.0191. The molecule has 4 aromatic rings. The Labute approximate surface area is 473 Å². The lowest BCUT2D eigenvalue weighted by molar-refractivity contribution is -0.172. The molecule has 1 fully saturated rings. The minimum atomic E-state index is -2.05. The number of pyridine rings is 2. The Kier molecular flexibility index (Phi) is 18.7. The molecule has 2 unspecified atom stereocenters. The molecule has 22 nitrogen and oxygen atoms in total. The molecular formula is C59H72FN9O13. The van der Waals surface area contributed by atoms with Crippen LogP contribution in [0.5, 0.6) is 0 Å². The Bertz CT molecular complexity index is 3270. The lowest BCUT2D eigenvalue weighted by Gasteiger charge is -2.31. The van der Waals surface area contributed by atoms with E-state index in [1.807, 2.05) is 20.8 Å². The van der Waals surface area contributed by atoms with Crippen LogP contribution >= 0.6 is 0 Å².